The van der Waals surface area contributed by atoms with E-state index in [1.807, 2.05) is 47.8 Å². The van der Waals surface area contributed by atoms with Crippen LogP contribution in [0.3, 0.4) is 0 Å². The highest BCUT2D eigenvalue weighted by molar-refractivity contribution is 7.17. The molecule has 0 saturated heterocycles. The number of nitrogen functional groups attached to an aromatic ring is 1. The maximum absolute atomic E-state index is 11.4. The van der Waals surface area contributed by atoms with E-state index in [4.69, 9.17) is 10.5 Å². The molecule has 0 saturated carbocycles. The number of benzene rings is 2. The summed E-state index contributed by atoms with van der Waals surface area (Å²) in [5.74, 6) is 0.000435. The van der Waals surface area contributed by atoms with Crippen LogP contribution < -0.4 is 15.8 Å². The molecule has 0 unspecified atom stereocenters. The molecule has 0 aliphatic carbocycles. The quantitative estimate of drug-likeness (QED) is 0.410. The number of aromatic nitrogens is 1. The number of pyridine rings is 1. The largest absolute Gasteiger partial charge is 0.489 e. The van der Waals surface area contributed by atoms with Crippen molar-refractivity contribution >= 4 is 38.9 Å². The van der Waals surface area contributed by atoms with E-state index in [0.717, 1.165) is 17.8 Å². The number of carboxylic acid groups (broad SMARTS) is 1. The summed E-state index contributed by atoms with van der Waals surface area (Å²) in [5.41, 5.74) is 9.12. The molecule has 29 heavy (non-hydrogen) atoms. The Morgan fingerprint density at radius 1 is 1.17 bits per heavy atom. The molecule has 0 atom stereocenters. The fourth-order valence-electron chi connectivity index (χ4n) is 3.05. The van der Waals surface area contributed by atoms with Crippen LogP contribution >= 0.6 is 11.3 Å². The van der Waals surface area contributed by atoms with Crippen LogP contribution in [0.1, 0.15) is 21.5 Å². The third-order valence-corrected chi connectivity index (χ3v) is 5.56. The van der Waals surface area contributed by atoms with Crippen LogP contribution in [0.4, 0.5) is 11.5 Å². The summed E-state index contributed by atoms with van der Waals surface area (Å²) < 4.78 is 6.56. The maximum Gasteiger partial charge on any atom is 0.338 e. The van der Waals surface area contributed by atoms with Gasteiger partial charge in [0.2, 0.25) is 0 Å². The number of carboxylic acids is 1. The Labute approximate surface area is 171 Å². The molecule has 4 N–H and O–H groups in total. The molecule has 0 aliphatic rings. The number of rotatable bonds is 7. The molecule has 6 nitrogen and oxygen atoms in total. The van der Waals surface area contributed by atoms with Crippen LogP contribution in [0.5, 0.6) is 5.75 Å². The van der Waals surface area contributed by atoms with E-state index in [1.54, 1.807) is 0 Å². The monoisotopic (exact) mass is 405 g/mol. The number of fused-ring (bicyclic) bond motifs is 1. The van der Waals surface area contributed by atoms with E-state index in [0.29, 0.717) is 21.7 Å². The van der Waals surface area contributed by atoms with Gasteiger partial charge in [0.1, 0.15) is 18.2 Å². The first kappa shape index (κ1) is 18.8. The van der Waals surface area contributed by atoms with Crippen LogP contribution in [-0.2, 0) is 13.2 Å². The second kappa shape index (κ2) is 8.20. The molecular weight excluding hydrogens is 386 g/mol. The third-order valence-electron chi connectivity index (χ3n) is 4.50. The molecule has 4 aromatic rings. The number of nitrogens with one attached hydrogen (secondary N) is 1. The van der Waals surface area contributed by atoms with Crippen molar-refractivity contribution in [1.82, 2.24) is 4.98 Å². The zero-order valence-electron chi connectivity index (χ0n) is 15.5. The van der Waals surface area contributed by atoms with Gasteiger partial charge in [0.25, 0.3) is 0 Å². The molecule has 0 spiro atoms. The standard InChI is InChI=1S/C22H19N3O3S/c23-21-19-15(13-29-20(19)18(11-25-21)22(26)27)12-28-17-8-4-7-16(9-17)24-10-14-5-2-1-3-6-14/h1-9,11,13,24H,10,12H2,(H2,23,25)(H,26,27). The number of nitrogens with two attached hydrogens (primary N) is 1. The van der Waals surface area contributed by atoms with Crippen molar-refractivity contribution in [3.05, 3.63) is 82.9 Å². The van der Waals surface area contributed by atoms with Gasteiger partial charge in [0.15, 0.2) is 0 Å². The highest BCUT2D eigenvalue weighted by Gasteiger charge is 2.16. The lowest BCUT2D eigenvalue weighted by atomic mass is 10.1. The smallest absolute Gasteiger partial charge is 0.338 e. The number of aromatic carboxylic acids is 1. The van der Waals surface area contributed by atoms with E-state index in [-0.39, 0.29) is 12.2 Å². The van der Waals surface area contributed by atoms with Gasteiger partial charge in [-0.25, -0.2) is 9.78 Å². The van der Waals surface area contributed by atoms with Gasteiger partial charge in [-0.3, -0.25) is 0 Å². The van der Waals surface area contributed by atoms with E-state index < -0.39 is 5.97 Å². The zero-order valence-corrected chi connectivity index (χ0v) is 16.3. The zero-order chi connectivity index (χ0) is 20.2. The third kappa shape index (κ3) is 4.14. The highest BCUT2D eigenvalue weighted by atomic mass is 32.1. The second-order valence-corrected chi connectivity index (χ2v) is 7.36. The van der Waals surface area contributed by atoms with Crippen LogP contribution in [0.2, 0.25) is 0 Å². The van der Waals surface area contributed by atoms with E-state index in [9.17, 15) is 9.90 Å². The first-order valence-electron chi connectivity index (χ1n) is 9.00. The van der Waals surface area contributed by atoms with Gasteiger partial charge in [0.05, 0.1) is 10.3 Å². The molecule has 4 rings (SSSR count). The molecule has 7 heteroatoms. The predicted octanol–water partition coefficient (Wildman–Crippen LogP) is 4.77. The number of ether oxygens (including phenoxy) is 1. The summed E-state index contributed by atoms with van der Waals surface area (Å²) in [6, 6.07) is 17.9. The van der Waals surface area contributed by atoms with Gasteiger partial charge >= 0.3 is 5.97 Å². The van der Waals surface area contributed by atoms with Gasteiger partial charge in [-0.15, -0.1) is 11.3 Å². The first-order chi connectivity index (χ1) is 14.1. The van der Waals surface area contributed by atoms with Crippen LogP contribution in [-0.4, -0.2) is 16.1 Å². The average Bonchev–Trinajstić information content (AvgIpc) is 3.17. The SMILES string of the molecule is Nc1ncc(C(=O)O)c2scc(COc3cccc(NCc4ccccc4)c3)c12. The van der Waals surface area contributed by atoms with Crippen molar-refractivity contribution in [2.75, 3.05) is 11.1 Å². The molecule has 2 heterocycles. The van der Waals surface area contributed by atoms with Crippen molar-refractivity contribution in [2.24, 2.45) is 0 Å². The fourth-order valence-corrected chi connectivity index (χ4v) is 4.11. The van der Waals surface area contributed by atoms with Crippen molar-refractivity contribution in [3.8, 4) is 5.75 Å². The summed E-state index contributed by atoms with van der Waals surface area (Å²) in [6.45, 7) is 0.997. The lowest BCUT2D eigenvalue weighted by Gasteiger charge is -2.10. The summed E-state index contributed by atoms with van der Waals surface area (Å²) in [5, 5.41) is 15.2. The number of anilines is 2. The Kier molecular flexibility index (Phi) is 5.31. The number of nitrogens with zero attached hydrogens (tertiary/aromatic N) is 1. The van der Waals surface area contributed by atoms with Gasteiger partial charge in [-0.2, -0.15) is 0 Å². The van der Waals surface area contributed by atoms with Crippen LogP contribution in [0.15, 0.2) is 66.2 Å². The Morgan fingerprint density at radius 3 is 2.79 bits per heavy atom. The summed E-state index contributed by atoms with van der Waals surface area (Å²) in [7, 11) is 0. The van der Waals surface area contributed by atoms with E-state index in [1.165, 1.54) is 23.1 Å². The Bertz CT molecular complexity index is 1160. The van der Waals surface area contributed by atoms with Crippen LogP contribution in [0.25, 0.3) is 10.1 Å². The fraction of sp³-hybridized carbons (Fsp3) is 0.0909. The predicted molar refractivity (Wildman–Crippen MR) is 116 cm³/mol. The number of hydrogen-bond acceptors (Lipinski definition) is 6. The molecule has 0 bridgehead atoms. The lowest BCUT2D eigenvalue weighted by molar-refractivity contribution is 0.0699. The first-order valence-corrected chi connectivity index (χ1v) is 9.88. The Morgan fingerprint density at radius 2 is 2.00 bits per heavy atom. The van der Waals surface area contributed by atoms with Crippen molar-refractivity contribution in [1.29, 1.82) is 0 Å². The minimum Gasteiger partial charge on any atom is -0.489 e. The van der Waals surface area contributed by atoms with Crippen molar-refractivity contribution in [3.63, 3.8) is 0 Å². The van der Waals surface area contributed by atoms with Crippen molar-refractivity contribution in [2.45, 2.75) is 13.2 Å². The minimum atomic E-state index is -1.02. The molecule has 0 amide bonds. The Balaban J connectivity index is 1.48. The number of thiophene rings is 1. The van der Waals surface area contributed by atoms with Crippen molar-refractivity contribution < 1.29 is 14.6 Å². The molecule has 146 valence electrons. The maximum atomic E-state index is 11.4. The summed E-state index contributed by atoms with van der Waals surface area (Å²) in [6.07, 6.45) is 1.29. The second-order valence-electron chi connectivity index (χ2n) is 6.48. The molecule has 0 aliphatic heterocycles. The highest BCUT2D eigenvalue weighted by Crippen LogP contribution is 2.33. The van der Waals surface area contributed by atoms with Gasteiger partial charge < -0.3 is 20.9 Å². The number of hydrogen-bond donors (Lipinski definition) is 3. The molecule has 2 aromatic carbocycles. The molecule has 2 aromatic heterocycles. The van der Waals surface area contributed by atoms with Gasteiger partial charge in [-0.05, 0) is 23.1 Å². The van der Waals surface area contributed by atoms with Crippen LogP contribution in [0, 0.1) is 0 Å². The molecule has 0 radical (unpaired) electrons. The van der Waals surface area contributed by atoms with Gasteiger partial charge in [0, 0.05) is 35.4 Å². The Hall–Kier alpha value is -3.58. The summed E-state index contributed by atoms with van der Waals surface area (Å²) in [4.78, 5) is 15.4. The normalized spacial score (nSPS) is 10.8. The van der Waals surface area contributed by atoms with E-state index in [2.05, 4.69) is 22.4 Å². The van der Waals surface area contributed by atoms with Gasteiger partial charge in [-0.1, -0.05) is 36.4 Å². The minimum absolute atomic E-state index is 0.151. The van der Waals surface area contributed by atoms with E-state index >= 15 is 0 Å². The molecular formula is C22H19N3O3S. The lowest BCUT2D eigenvalue weighted by Crippen LogP contribution is -2.02. The average molecular weight is 405 g/mol. The summed E-state index contributed by atoms with van der Waals surface area (Å²) >= 11 is 1.33. The molecule has 0 fully saturated rings. The topological polar surface area (TPSA) is 97.5 Å². The number of carbonyl (C=O) groups is 1.